The molecule has 1 atom stereocenters. The molecule has 0 spiro atoms. The van der Waals surface area contributed by atoms with Gasteiger partial charge in [-0.3, -0.25) is 4.57 Å². The average Bonchev–Trinajstić information content (AvgIpc) is 3.55. The number of nitrogens with zero attached hydrogens (tertiary/aromatic N) is 5. The van der Waals surface area contributed by atoms with E-state index in [4.69, 9.17) is 9.15 Å². The predicted molar refractivity (Wildman–Crippen MR) is 119 cm³/mol. The zero-order valence-electron chi connectivity index (χ0n) is 15.9. The summed E-state index contributed by atoms with van der Waals surface area (Å²) in [6.45, 7) is 1.57. The normalized spacial score (nSPS) is 16.4. The number of thioether (sulfide) groups is 1. The lowest BCUT2D eigenvalue weighted by Crippen LogP contribution is -2.16. The molecule has 0 N–H and O–H groups in total. The van der Waals surface area contributed by atoms with Gasteiger partial charge in [0.05, 0.1) is 23.3 Å². The van der Waals surface area contributed by atoms with Crippen molar-refractivity contribution in [3.63, 3.8) is 0 Å². The molecule has 30 heavy (non-hydrogen) atoms. The molecule has 1 saturated heterocycles. The molecule has 1 aromatic carbocycles. The fourth-order valence-electron chi connectivity index (χ4n) is 3.29. The van der Waals surface area contributed by atoms with Crippen molar-refractivity contribution in [3.8, 4) is 22.2 Å². The molecule has 0 amide bonds. The molecular weight excluding hydrogens is 486 g/mol. The van der Waals surface area contributed by atoms with Crippen molar-refractivity contribution in [2.24, 2.45) is 0 Å². The highest BCUT2D eigenvalue weighted by molar-refractivity contribution is 9.10. The van der Waals surface area contributed by atoms with Crippen molar-refractivity contribution in [2.45, 2.75) is 36.4 Å². The molecule has 0 radical (unpaired) electrons. The number of thiophene rings is 1. The van der Waals surface area contributed by atoms with E-state index in [-0.39, 0.29) is 6.10 Å². The smallest absolute Gasteiger partial charge is 0.247 e. The summed E-state index contributed by atoms with van der Waals surface area (Å²) >= 11 is 6.64. The van der Waals surface area contributed by atoms with Gasteiger partial charge in [-0.2, -0.15) is 0 Å². The van der Waals surface area contributed by atoms with Gasteiger partial charge in [-0.25, -0.2) is 0 Å². The summed E-state index contributed by atoms with van der Waals surface area (Å²) < 4.78 is 14.9. The summed E-state index contributed by atoms with van der Waals surface area (Å²) in [5.41, 5.74) is 0.892. The van der Waals surface area contributed by atoms with Gasteiger partial charge in [-0.1, -0.05) is 33.8 Å². The lowest BCUT2D eigenvalue weighted by atomic mass is 10.2. The van der Waals surface area contributed by atoms with Crippen molar-refractivity contribution < 1.29 is 9.15 Å². The predicted octanol–water partition coefficient (Wildman–Crippen LogP) is 5.29. The summed E-state index contributed by atoms with van der Waals surface area (Å²) in [5.74, 6) is 2.47. The minimum atomic E-state index is 0.200. The van der Waals surface area contributed by atoms with E-state index in [9.17, 15) is 0 Å². The SMILES string of the molecule is Brc1ccc(-c2nnc(CSc3nnc(-c4cccs4)n3CC3CCCO3)o2)cc1. The molecule has 1 aliphatic heterocycles. The lowest BCUT2D eigenvalue weighted by molar-refractivity contribution is 0.0953. The number of benzene rings is 1. The van der Waals surface area contributed by atoms with Gasteiger partial charge in [0.25, 0.3) is 0 Å². The molecule has 1 fully saturated rings. The van der Waals surface area contributed by atoms with Gasteiger partial charge in [-0.15, -0.1) is 31.7 Å². The first-order valence-corrected chi connectivity index (χ1v) is 12.2. The third-order valence-electron chi connectivity index (χ3n) is 4.75. The second-order valence-electron chi connectivity index (χ2n) is 6.83. The van der Waals surface area contributed by atoms with Gasteiger partial charge < -0.3 is 9.15 Å². The average molecular weight is 504 g/mol. The molecule has 3 aromatic heterocycles. The third kappa shape index (κ3) is 4.36. The molecule has 4 aromatic rings. The van der Waals surface area contributed by atoms with E-state index in [1.165, 1.54) is 0 Å². The van der Waals surface area contributed by atoms with Crippen molar-refractivity contribution in [1.29, 1.82) is 0 Å². The van der Waals surface area contributed by atoms with Gasteiger partial charge in [0.2, 0.25) is 11.8 Å². The zero-order chi connectivity index (χ0) is 20.3. The molecule has 1 aliphatic rings. The van der Waals surface area contributed by atoms with Crippen LogP contribution >= 0.6 is 39.0 Å². The van der Waals surface area contributed by atoms with Crippen LogP contribution in [0, 0.1) is 0 Å². The molecular formula is C20H18BrN5O2S2. The quantitative estimate of drug-likeness (QED) is 0.317. The highest BCUT2D eigenvalue weighted by Crippen LogP contribution is 2.31. The minimum absolute atomic E-state index is 0.200. The Bertz CT molecular complexity index is 1100. The van der Waals surface area contributed by atoms with Crippen LogP contribution in [0.4, 0.5) is 0 Å². The van der Waals surface area contributed by atoms with Crippen LogP contribution in [0.25, 0.3) is 22.2 Å². The van der Waals surface area contributed by atoms with Crippen LogP contribution in [0.15, 0.2) is 55.8 Å². The van der Waals surface area contributed by atoms with Crippen molar-refractivity contribution in [2.75, 3.05) is 6.61 Å². The van der Waals surface area contributed by atoms with E-state index in [1.54, 1.807) is 23.1 Å². The van der Waals surface area contributed by atoms with Crippen molar-refractivity contribution in [3.05, 3.63) is 52.1 Å². The summed E-state index contributed by atoms with van der Waals surface area (Å²) in [7, 11) is 0. The maximum absolute atomic E-state index is 5.85. The number of rotatable bonds is 7. The Kier molecular flexibility index (Phi) is 5.98. The highest BCUT2D eigenvalue weighted by atomic mass is 79.9. The maximum atomic E-state index is 5.85. The highest BCUT2D eigenvalue weighted by Gasteiger charge is 2.22. The van der Waals surface area contributed by atoms with E-state index in [0.717, 1.165) is 51.9 Å². The number of halogens is 1. The Morgan fingerprint density at radius 3 is 2.80 bits per heavy atom. The summed E-state index contributed by atoms with van der Waals surface area (Å²) in [5, 5.41) is 20.1. The van der Waals surface area contributed by atoms with Gasteiger partial charge >= 0.3 is 0 Å². The van der Waals surface area contributed by atoms with E-state index in [0.29, 0.717) is 17.5 Å². The Morgan fingerprint density at radius 1 is 1.13 bits per heavy atom. The van der Waals surface area contributed by atoms with Crippen LogP contribution in [0.5, 0.6) is 0 Å². The Hall–Kier alpha value is -2.01. The van der Waals surface area contributed by atoms with Crippen LogP contribution in [0.1, 0.15) is 18.7 Å². The molecule has 1 unspecified atom stereocenters. The monoisotopic (exact) mass is 503 g/mol. The van der Waals surface area contributed by atoms with Gasteiger partial charge in [0.15, 0.2) is 11.0 Å². The molecule has 0 bridgehead atoms. The molecule has 0 saturated carbocycles. The molecule has 4 heterocycles. The standard InChI is InChI=1S/C20H18BrN5O2S2/c21-14-7-5-13(6-8-14)19-24-22-17(28-19)12-30-20-25-23-18(16-4-2-10-29-16)26(20)11-15-3-1-9-27-15/h2,4-8,10,15H,1,3,9,11-12H2. The van der Waals surface area contributed by atoms with E-state index >= 15 is 0 Å². The van der Waals surface area contributed by atoms with E-state index in [2.05, 4.69) is 52.3 Å². The second-order valence-corrected chi connectivity index (χ2v) is 9.63. The van der Waals surface area contributed by atoms with Gasteiger partial charge in [0, 0.05) is 16.6 Å². The van der Waals surface area contributed by atoms with Crippen LogP contribution in [0.3, 0.4) is 0 Å². The number of hydrogen-bond donors (Lipinski definition) is 0. The zero-order valence-corrected chi connectivity index (χ0v) is 19.1. The first-order valence-electron chi connectivity index (χ1n) is 9.56. The Morgan fingerprint density at radius 2 is 2.03 bits per heavy atom. The Balaban J connectivity index is 1.34. The largest absolute Gasteiger partial charge is 0.420 e. The fraction of sp³-hybridized carbons (Fsp3) is 0.300. The molecule has 7 nitrogen and oxygen atoms in total. The molecule has 154 valence electrons. The molecule has 5 rings (SSSR count). The topological polar surface area (TPSA) is 78.9 Å². The van der Waals surface area contributed by atoms with Crippen molar-refractivity contribution in [1.82, 2.24) is 25.0 Å². The summed E-state index contributed by atoms with van der Waals surface area (Å²) in [6.07, 6.45) is 2.36. The van der Waals surface area contributed by atoms with E-state index in [1.807, 2.05) is 30.3 Å². The minimum Gasteiger partial charge on any atom is -0.420 e. The summed E-state index contributed by atoms with van der Waals surface area (Å²) in [6, 6.07) is 11.9. The van der Waals surface area contributed by atoms with Crippen molar-refractivity contribution >= 4 is 39.0 Å². The second kappa shape index (κ2) is 9.01. The first-order chi connectivity index (χ1) is 14.8. The number of aromatic nitrogens is 5. The number of hydrogen-bond acceptors (Lipinski definition) is 8. The molecule has 10 heteroatoms. The number of ether oxygens (including phenoxy) is 1. The van der Waals surface area contributed by atoms with Crippen LogP contribution < -0.4 is 0 Å². The van der Waals surface area contributed by atoms with Gasteiger partial charge in [0.1, 0.15) is 0 Å². The third-order valence-corrected chi connectivity index (χ3v) is 7.10. The Labute approximate surface area is 190 Å². The first kappa shape index (κ1) is 19.9. The van der Waals surface area contributed by atoms with Crippen LogP contribution in [-0.2, 0) is 17.0 Å². The molecule has 0 aliphatic carbocycles. The lowest BCUT2D eigenvalue weighted by Gasteiger charge is -2.13. The fourth-order valence-corrected chi connectivity index (χ4v) is 5.05. The summed E-state index contributed by atoms with van der Waals surface area (Å²) in [4.78, 5) is 1.10. The van der Waals surface area contributed by atoms with E-state index < -0.39 is 0 Å². The maximum Gasteiger partial charge on any atom is 0.247 e. The van der Waals surface area contributed by atoms with Crippen LogP contribution in [-0.4, -0.2) is 37.7 Å². The van der Waals surface area contributed by atoms with Gasteiger partial charge in [-0.05, 0) is 48.6 Å². The van der Waals surface area contributed by atoms with Crippen LogP contribution in [0.2, 0.25) is 0 Å².